The predicted molar refractivity (Wildman–Crippen MR) is 80.4 cm³/mol. The second-order valence-electron chi connectivity index (χ2n) is 5.37. The summed E-state index contributed by atoms with van der Waals surface area (Å²) in [6.45, 7) is 7.54. The lowest BCUT2D eigenvalue weighted by Crippen LogP contribution is -2.09. The van der Waals surface area contributed by atoms with E-state index in [0.29, 0.717) is 12.5 Å². The molecule has 1 aromatic heterocycles. The Kier molecular flexibility index (Phi) is 5.00. The number of hydrogen-bond donors (Lipinski definition) is 1. The van der Waals surface area contributed by atoms with E-state index in [9.17, 15) is 0 Å². The summed E-state index contributed by atoms with van der Waals surface area (Å²) in [7, 11) is 0. The molecule has 0 radical (unpaired) electrons. The van der Waals surface area contributed by atoms with E-state index in [4.69, 9.17) is 10.5 Å². The van der Waals surface area contributed by atoms with Gasteiger partial charge in [0.05, 0.1) is 6.61 Å². The van der Waals surface area contributed by atoms with E-state index in [-0.39, 0.29) is 0 Å². The molecule has 0 saturated carbocycles. The molecule has 0 amide bonds. The first-order chi connectivity index (χ1) is 9.22. The summed E-state index contributed by atoms with van der Waals surface area (Å²) >= 11 is 0. The van der Waals surface area contributed by atoms with E-state index in [2.05, 4.69) is 48.9 Å². The van der Waals surface area contributed by atoms with Crippen LogP contribution in [0.2, 0.25) is 0 Å². The van der Waals surface area contributed by atoms with Crippen LogP contribution in [0.3, 0.4) is 0 Å². The van der Waals surface area contributed by atoms with E-state index in [1.54, 1.807) is 0 Å². The van der Waals surface area contributed by atoms with Crippen molar-refractivity contribution in [1.82, 2.24) is 4.57 Å². The summed E-state index contributed by atoms with van der Waals surface area (Å²) in [5.74, 6) is 0.595. The molecule has 0 atom stereocenters. The van der Waals surface area contributed by atoms with E-state index >= 15 is 0 Å². The zero-order valence-electron chi connectivity index (χ0n) is 11.9. The molecule has 104 valence electrons. The van der Waals surface area contributed by atoms with Crippen LogP contribution in [0, 0.1) is 5.92 Å². The van der Waals surface area contributed by atoms with Crippen LogP contribution >= 0.6 is 0 Å². The number of aromatic nitrogens is 1. The fourth-order valence-corrected chi connectivity index (χ4v) is 2.34. The van der Waals surface area contributed by atoms with Gasteiger partial charge in [-0.15, -0.1) is 0 Å². The van der Waals surface area contributed by atoms with Crippen LogP contribution < -0.4 is 5.73 Å². The molecule has 0 saturated heterocycles. The van der Waals surface area contributed by atoms with Crippen molar-refractivity contribution >= 4 is 10.9 Å². The SMILES string of the molecule is CC(C)COCCn1ccc2c(CCN)cccc21. The fraction of sp³-hybridized carbons (Fsp3) is 0.500. The number of ether oxygens (including phenoxy) is 1. The summed E-state index contributed by atoms with van der Waals surface area (Å²) in [5.41, 5.74) is 8.27. The Morgan fingerprint density at radius 2 is 2.11 bits per heavy atom. The monoisotopic (exact) mass is 260 g/mol. The van der Waals surface area contributed by atoms with Crippen molar-refractivity contribution in [2.24, 2.45) is 11.7 Å². The molecule has 0 aliphatic heterocycles. The van der Waals surface area contributed by atoms with Crippen LogP contribution in [0.15, 0.2) is 30.5 Å². The van der Waals surface area contributed by atoms with Crippen molar-refractivity contribution in [3.05, 3.63) is 36.0 Å². The third-order valence-corrected chi connectivity index (χ3v) is 3.25. The zero-order chi connectivity index (χ0) is 13.7. The number of hydrogen-bond acceptors (Lipinski definition) is 2. The summed E-state index contributed by atoms with van der Waals surface area (Å²) in [6, 6.07) is 8.62. The van der Waals surface area contributed by atoms with Crippen molar-refractivity contribution < 1.29 is 4.74 Å². The highest BCUT2D eigenvalue weighted by atomic mass is 16.5. The third-order valence-electron chi connectivity index (χ3n) is 3.25. The Bertz CT molecular complexity index is 516. The lowest BCUT2D eigenvalue weighted by Gasteiger charge is -2.09. The van der Waals surface area contributed by atoms with Crippen LogP contribution in [0.25, 0.3) is 10.9 Å². The van der Waals surface area contributed by atoms with Crippen LogP contribution in [0.4, 0.5) is 0 Å². The van der Waals surface area contributed by atoms with Gasteiger partial charge in [0, 0.05) is 30.3 Å². The maximum atomic E-state index is 5.66. The molecular formula is C16H24N2O. The Morgan fingerprint density at radius 1 is 1.26 bits per heavy atom. The van der Waals surface area contributed by atoms with Gasteiger partial charge in [-0.2, -0.15) is 0 Å². The molecule has 0 fully saturated rings. The predicted octanol–water partition coefficient (Wildman–Crippen LogP) is 2.82. The highest BCUT2D eigenvalue weighted by Crippen LogP contribution is 2.20. The van der Waals surface area contributed by atoms with Crippen LogP contribution in [-0.4, -0.2) is 24.3 Å². The number of fused-ring (bicyclic) bond motifs is 1. The van der Waals surface area contributed by atoms with Gasteiger partial charge >= 0.3 is 0 Å². The van der Waals surface area contributed by atoms with E-state index in [0.717, 1.165) is 26.2 Å². The summed E-state index contributed by atoms with van der Waals surface area (Å²) in [5, 5.41) is 1.32. The third kappa shape index (κ3) is 3.58. The molecule has 2 rings (SSSR count). The lowest BCUT2D eigenvalue weighted by atomic mass is 10.1. The van der Waals surface area contributed by atoms with Gasteiger partial charge in [0.1, 0.15) is 0 Å². The largest absolute Gasteiger partial charge is 0.379 e. The van der Waals surface area contributed by atoms with Crippen molar-refractivity contribution in [3.63, 3.8) is 0 Å². The molecule has 2 aromatic rings. The van der Waals surface area contributed by atoms with Crippen LogP contribution in [0.5, 0.6) is 0 Å². The molecule has 19 heavy (non-hydrogen) atoms. The van der Waals surface area contributed by atoms with Crippen LogP contribution in [0.1, 0.15) is 19.4 Å². The van der Waals surface area contributed by atoms with Gasteiger partial charge in [-0.3, -0.25) is 0 Å². The topological polar surface area (TPSA) is 40.2 Å². The Labute approximate surface area is 115 Å². The van der Waals surface area contributed by atoms with Gasteiger partial charge in [-0.1, -0.05) is 26.0 Å². The molecule has 0 spiro atoms. The molecule has 1 aromatic carbocycles. The van der Waals surface area contributed by atoms with Crippen molar-refractivity contribution in [2.75, 3.05) is 19.8 Å². The molecule has 3 nitrogen and oxygen atoms in total. The first-order valence-electron chi connectivity index (χ1n) is 7.07. The second kappa shape index (κ2) is 6.73. The van der Waals surface area contributed by atoms with E-state index < -0.39 is 0 Å². The first kappa shape index (κ1) is 14.1. The summed E-state index contributed by atoms with van der Waals surface area (Å²) < 4.78 is 7.91. The summed E-state index contributed by atoms with van der Waals surface area (Å²) in [4.78, 5) is 0. The minimum absolute atomic E-state index is 0.595. The molecule has 2 N–H and O–H groups in total. The summed E-state index contributed by atoms with van der Waals surface area (Å²) in [6.07, 6.45) is 3.08. The van der Waals surface area contributed by atoms with Crippen molar-refractivity contribution in [2.45, 2.75) is 26.8 Å². The number of nitrogens with two attached hydrogens (primary N) is 1. The Hall–Kier alpha value is -1.32. The van der Waals surface area contributed by atoms with Gasteiger partial charge in [0.2, 0.25) is 0 Å². The minimum Gasteiger partial charge on any atom is -0.379 e. The Balaban J connectivity index is 2.06. The van der Waals surface area contributed by atoms with Crippen LogP contribution in [-0.2, 0) is 17.7 Å². The van der Waals surface area contributed by atoms with Gasteiger partial charge < -0.3 is 15.0 Å². The molecule has 0 aliphatic carbocycles. The molecular weight excluding hydrogens is 236 g/mol. The highest BCUT2D eigenvalue weighted by molar-refractivity contribution is 5.83. The molecule has 3 heteroatoms. The smallest absolute Gasteiger partial charge is 0.0645 e. The number of rotatable bonds is 7. The van der Waals surface area contributed by atoms with Crippen molar-refractivity contribution in [1.29, 1.82) is 0 Å². The molecule has 0 bridgehead atoms. The highest BCUT2D eigenvalue weighted by Gasteiger charge is 2.05. The Morgan fingerprint density at radius 3 is 2.84 bits per heavy atom. The normalized spacial score (nSPS) is 11.6. The van der Waals surface area contributed by atoms with E-state index in [1.807, 2.05) is 0 Å². The molecule has 0 unspecified atom stereocenters. The molecule has 0 aliphatic rings. The molecule has 1 heterocycles. The van der Waals surface area contributed by atoms with E-state index in [1.165, 1.54) is 16.5 Å². The number of nitrogens with zero attached hydrogens (tertiary/aromatic N) is 1. The lowest BCUT2D eigenvalue weighted by molar-refractivity contribution is 0.104. The maximum Gasteiger partial charge on any atom is 0.0645 e. The second-order valence-corrected chi connectivity index (χ2v) is 5.37. The fourth-order valence-electron chi connectivity index (χ4n) is 2.34. The van der Waals surface area contributed by atoms with Gasteiger partial charge in [0.25, 0.3) is 0 Å². The van der Waals surface area contributed by atoms with Gasteiger partial charge in [-0.25, -0.2) is 0 Å². The maximum absolute atomic E-state index is 5.66. The standard InChI is InChI=1S/C16H24N2O/c1-13(2)12-19-11-10-18-9-7-15-14(6-8-17)4-3-5-16(15)18/h3-5,7,9,13H,6,8,10-12,17H2,1-2H3. The van der Waals surface area contributed by atoms with Gasteiger partial charge in [0.15, 0.2) is 0 Å². The average Bonchev–Trinajstić information content (AvgIpc) is 2.79. The minimum atomic E-state index is 0.595. The quantitative estimate of drug-likeness (QED) is 0.778. The van der Waals surface area contributed by atoms with Gasteiger partial charge in [-0.05, 0) is 36.6 Å². The number of benzene rings is 1. The van der Waals surface area contributed by atoms with Crippen molar-refractivity contribution in [3.8, 4) is 0 Å². The zero-order valence-corrected chi connectivity index (χ0v) is 11.9. The first-order valence-corrected chi connectivity index (χ1v) is 7.07. The average molecular weight is 260 g/mol.